The molecule has 0 saturated carbocycles. The molecule has 3 rings (SSSR count). The maximum absolute atomic E-state index is 4.62. The number of hydrogen-bond acceptors (Lipinski definition) is 3. The normalized spacial score (nSPS) is 11.6. The first kappa shape index (κ1) is 13.8. The van der Waals surface area contributed by atoms with E-state index in [1.807, 2.05) is 30.2 Å². The first-order valence-electron chi connectivity index (χ1n) is 7.30. The van der Waals surface area contributed by atoms with Crippen LogP contribution in [0.4, 0.5) is 0 Å². The van der Waals surface area contributed by atoms with E-state index in [0.29, 0.717) is 6.04 Å². The molecule has 5 nitrogen and oxygen atoms in total. The molecule has 5 heteroatoms. The zero-order valence-corrected chi connectivity index (χ0v) is 12.7. The van der Waals surface area contributed by atoms with Gasteiger partial charge in [0, 0.05) is 36.6 Å². The fourth-order valence-electron chi connectivity index (χ4n) is 2.57. The third-order valence-electron chi connectivity index (χ3n) is 3.61. The molecule has 0 atom stereocenters. The third-order valence-corrected chi connectivity index (χ3v) is 3.61. The molecule has 0 bridgehead atoms. The van der Waals surface area contributed by atoms with Crippen molar-refractivity contribution >= 4 is 11.0 Å². The Hall–Kier alpha value is -2.14. The molecule has 0 aliphatic heterocycles. The summed E-state index contributed by atoms with van der Waals surface area (Å²) in [6.07, 6.45) is 6.05. The predicted molar refractivity (Wildman–Crippen MR) is 84.2 cm³/mol. The van der Waals surface area contributed by atoms with Crippen LogP contribution in [0.3, 0.4) is 0 Å². The second-order valence-electron chi connectivity index (χ2n) is 5.57. The van der Waals surface area contributed by atoms with Crippen molar-refractivity contribution in [1.82, 2.24) is 24.6 Å². The van der Waals surface area contributed by atoms with E-state index in [1.165, 1.54) is 10.9 Å². The van der Waals surface area contributed by atoms with E-state index in [0.717, 1.165) is 24.4 Å². The van der Waals surface area contributed by atoms with Gasteiger partial charge in [-0.1, -0.05) is 0 Å². The van der Waals surface area contributed by atoms with Crippen LogP contribution in [-0.4, -0.2) is 26.4 Å². The van der Waals surface area contributed by atoms with Crippen molar-refractivity contribution in [2.45, 2.75) is 33.0 Å². The van der Waals surface area contributed by atoms with Gasteiger partial charge in [0.15, 0.2) is 0 Å². The molecule has 3 aromatic rings. The van der Waals surface area contributed by atoms with Gasteiger partial charge in [-0.25, -0.2) is 4.98 Å². The number of fused-ring (bicyclic) bond motifs is 1. The quantitative estimate of drug-likeness (QED) is 0.783. The van der Waals surface area contributed by atoms with E-state index in [2.05, 4.69) is 52.1 Å². The topological polar surface area (TPSA) is 47.7 Å². The van der Waals surface area contributed by atoms with Gasteiger partial charge >= 0.3 is 0 Å². The van der Waals surface area contributed by atoms with Crippen molar-refractivity contribution in [3.8, 4) is 0 Å². The van der Waals surface area contributed by atoms with Gasteiger partial charge in [-0.2, -0.15) is 5.10 Å². The second-order valence-corrected chi connectivity index (χ2v) is 5.57. The van der Waals surface area contributed by atoms with Crippen molar-refractivity contribution in [2.75, 3.05) is 7.05 Å². The van der Waals surface area contributed by atoms with E-state index in [1.54, 1.807) is 0 Å². The van der Waals surface area contributed by atoms with E-state index < -0.39 is 0 Å². The lowest BCUT2D eigenvalue weighted by atomic mass is 10.2. The minimum atomic E-state index is 0.387. The summed E-state index contributed by atoms with van der Waals surface area (Å²) in [5.41, 5.74) is 3.34. The minimum absolute atomic E-state index is 0.387. The Bertz CT molecular complexity index is 738. The largest absolute Gasteiger partial charge is 0.326 e. The molecule has 21 heavy (non-hydrogen) atoms. The van der Waals surface area contributed by atoms with Crippen molar-refractivity contribution in [1.29, 1.82) is 0 Å². The Balaban J connectivity index is 1.96. The molecule has 3 heterocycles. The summed E-state index contributed by atoms with van der Waals surface area (Å²) >= 11 is 0. The van der Waals surface area contributed by atoms with Crippen LogP contribution in [0.5, 0.6) is 0 Å². The molecule has 0 unspecified atom stereocenters. The Kier molecular flexibility index (Phi) is 3.75. The Morgan fingerprint density at radius 1 is 1.29 bits per heavy atom. The van der Waals surface area contributed by atoms with Crippen LogP contribution in [0.15, 0.2) is 36.8 Å². The lowest BCUT2D eigenvalue weighted by Crippen LogP contribution is -2.05. The van der Waals surface area contributed by atoms with Gasteiger partial charge in [0.1, 0.15) is 5.65 Å². The summed E-state index contributed by atoms with van der Waals surface area (Å²) in [6.45, 7) is 5.86. The molecule has 0 aromatic carbocycles. The van der Waals surface area contributed by atoms with Crippen LogP contribution in [-0.2, 0) is 13.1 Å². The number of rotatable bonds is 5. The minimum Gasteiger partial charge on any atom is -0.326 e. The number of hydrogen-bond donors (Lipinski definition) is 1. The average Bonchev–Trinajstić information content (AvgIpc) is 3.07. The summed E-state index contributed by atoms with van der Waals surface area (Å²) < 4.78 is 4.16. The lowest BCUT2D eigenvalue weighted by Gasteiger charge is -2.05. The van der Waals surface area contributed by atoms with Crippen LogP contribution in [0, 0.1) is 0 Å². The fraction of sp³-hybridized carbons (Fsp3) is 0.375. The van der Waals surface area contributed by atoms with Gasteiger partial charge in [-0.15, -0.1) is 0 Å². The van der Waals surface area contributed by atoms with Crippen molar-refractivity contribution < 1.29 is 0 Å². The highest BCUT2D eigenvalue weighted by atomic mass is 15.3. The van der Waals surface area contributed by atoms with Crippen LogP contribution < -0.4 is 5.32 Å². The third kappa shape index (κ3) is 2.69. The molecule has 0 spiro atoms. The molecule has 110 valence electrons. The van der Waals surface area contributed by atoms with E-state index in [9.17, 15) is 0 Å². The highest BCUT2D eigenvalue weighted by Crippen LogP contribution is 2.20. The standard InChI is InChI=1S/C16H21N5/c1-12(2)21-8-6-14(19-21)11-20-10-13(9-17-3)15-5-4-7-18-16(15)20/h4-8,10,12,17H,9,11H2,1-3H3. The zero-order valence-electron chi connectivity index (χ0n) is 12.7. The van der Waals surface area contributed by atoms with Gasteiger partial charge in [0.25, 0.3) is 0 Å². The zero-order chi connectivity index (χ0) is 14.8. The highest BCUT2D eigenvalue weighted by molar-refractivity contribution is 5.80. The fourth-order valence-corrected chi connectivity index (χ4v) is 2.57. The number of pyridine rings is 1. The van der Waals surface area contributed by atoms with E-state index >= 15 is 0 Å². The Morgan fingerprint density at radius 2 is 2.14 bits per heavy atom. The molecule has 0 radical (unpaired) electrons. The molecular weight excluding hydrogens is 262 g/mol. The number of nitrogens with zero attached hydrogens (tertiary/aromatic N) is 4. The lowest BCUT2D eigenvalue weighted by molar-refractivity contribution is 0.524. The van der Waals surface area contributed by atoms with Crippen LogP contribution >= 0.6 is 0 Å². The molecule has 0 amide bonds. The molecular formula is C16H21N5. The van der Waals surface area contributed by atoms with E-state index in [-0.39, 0.29) is 0 Å². The maximum Gasteiger partial charge on any atom is 0.140 e. The van der Waals surface area contributed by atoms with Gasteiger partial charge in [-0.3, -0.25) is 4.68 Å². The Labute approximate surface area is 124 Å². The van der Waals surface area contributed by atoms with Gasteiger partial charge in [0.2, 0.25) is 0 Å². The average molecular weight is 283 g/mol. The highest BCUT2D eigenvalue weighted by Gasteiger charge is 2.10. The molecule has 3 aromatic heterocycles. The summed E-state index contributed by atoms with van der Waals surface area (Å²) in [7, 11) is 1.96. The molecule has 0 aliphatic carbocycles. The molecule has 0 aliphatic rings. The predicted octanol–water partition coefficient (Wildman–Crippen LogP) is 2.58. The summed E-state index contributed by atoms with van der Waals surface area (Å²) in [6, 6.07) is 6.57. The first-order chi connectivity index (χ1) is 10.2. The summed E-state index contributed by atoms with van der Waals surface area (Å²) in [5, 5.41) is 9.03. The number of aromatic nitrogens is 4. The van der Waals surface area contributed by atoms with Crippen LogP contribution in [0.25, 0.3) is 11.0 Å². The smallest absolute Gasteiger partial charge is 0.140 e. The molecule has 0 fully saturated rings. The first-order valence-corrected chi connectivity index (χ1v) is 7.30. The summed E-state index contributed by atoms with van der Waals surface area (Å²) in [5.74, 6) is 0. The summed E-state index contributed by atoms with van der Waals surface area (Å²) in [4.78, 5) is 4.52. The van der Waals surface area contributed by atoms with Crippen LogP contribution in [0.1, 0.15) is 31.1 Å². The van der Waals surface area contributed by atoms with Crippen molar-refractivity contribution in [3.63, 3.8) is 0 Å². The Morgan fingerprint density at radius 3 is 2.86 bits per heavy atom. The SMILES string of the molecule is CNCc1cn(Cc2ccn(C(C)C)n2)c2ncccc12. The number of nitrogens with one attached hydrogen (secondary N) is 1. The van der Waals surface area contributed by atoms with Crippen molar-refractivity contribution in [2.24, 2.45) is 0 Å². The maximum atomic E-state index is 4.62. The molecule has 1 N–H and O–H groups in total. The molecule has 0 saturated heterocycles. The van der Waals surface area contributed by atoms with Crippen LogP contribution in [0.2, 0.25) is 0 Å². The monoisotopic (exact) mass is 283 g/mol. The van der Waals surface area contributed by atoms with Gasteiger partial charge in [-0.05, 0) is 44.7 Å². The van der Waals surface area contributed by atoms with Crippen molar-refractivity contribution in [3.05, 3.63) is 48.0 Å². The van der Waals surface area contributed by atoms with E-state index in [4.69, 9.17) is 0 Å². The van der Waals surface area contributed by atoms with Gasteiger partial charge < -0.3 is 9.88 Å². The second kappa shape index (κ2) is 5.69. The van der Waals surface area contributed by atoms with Gasteiger partial charge in [0.05, 0.1) is 12.2 Å².